The molecule has 4 heteroatoms. The summed E-state index contributed by atoms with van der Waals surface area (Å²) in [6, 6.07) is 45.4. The third-order valence-corrected chi connectivity index (χ3v) is 10.6. The molecule has 2 N–H and O–H groups in total. The first-order valence-electron chi connectivity index (χ1n) is 16.7. The van der Waals surface area contributed by atoms with Crippen molar-refractivity contribution in [2.24, 2.45) is 0 Å². The maximum atomic E-state index is 12.1. The van der Waals surface area contributed by atoms with Gasteiger partial charge in [-0.15, -0.1) is 0 Å². The highest BCUT2D eigenvalue weighted by Gasteiger charge is 2.22. The molecule has 0 fully saturated rings. The Morgan fingerprint density at radius 2 is 0.600 bits per heavy atom. The Bertz CT molecular complexity index is 2850. The Labute approximate surface area is 286 Å². The summed E-state index contributed by atoms with van der Waals surface area (Å²) in [5.74, 6) is 1.76. The number of benzene rings is 10. The first-order valence-corrected chi connectivity index (χ1v) is 16.7. The van der Waals surface area contributed by atoms with E-state index in [1.54, 1.807) is 26.4 Å². The summed E-state index contributed by atoms with van der Waals surface area (Å²) in [7, 11) is 3.37. The van der Waals surface area contributed by atoms with Crippen LogP contribution >= 0.6 is 0 Å². The monoisotopic (exact) mass is 646 g/mol. The largest absolute Gasteiger partial charge is 0.507 e. The molecule has 0 spiro atoms. The summed E-state index contributed by atoms with van der Waals surface area (Å²) >= 11 is 0. The normalized spacial score (nSPS) is 12.0. The van der Waals surface area contributed by atoms with Crippen molar-refractivity contribution in [3.8, 4) is 34.1 Å². The zero-order valence-corrected chi connectivity index (χ0v) is 27.4. The van der Waals surface area contributed by atoms with E-state index in [0.717, 1.165) is 97.7 Å². The van der Waals surface area contributed by atoms with Crippen LogP contribution in [-0.2, 0) is 0 Å². The van der Waals surface area contributed by atoms with Crippen LogP contribution in [0.2, 0.25) is 0 Å². The fourth-order valence-electron chi connectivity index (χ4n) is 8.25. The maximum absolute atomic E-state index is 12.1. The minimum atomic E-state index is 0.103. The van der Waals surface area contributed by atoms with E-state index >= 15 is 0 Å². The minimum absolute atomic E-state index is 0.103. The second kappa shape index (κ2) is 10.5. The van der Waals surface area contributed by atoms with Crippen LogP contribution in [0.25, 0.3) is 97.3 Å². The molecule has 0 bridgehead atoms. The van der Waals surface area contributed by atoms with Gasteiger partial charge in [-0.05, 0) is 112 Å². The topological polar surface area (TPSA) is 58.9 Å². The highest BCUT2D eigenvalue weighted by atomic mass is 16.5. The number of aromatic hydroxyl groups is 2. The lowest BCUT2D eigenvalue weighted by Crippen LogP contribution is -1.92. The van der Waals surface area contributed by atoms with Gasteiger partial charge in [0.05, 0.1) is 14.2 Å². The molecule has 0 aliphatic heterocycles. The van der Waals surface area contributed by atoms with E-state index in [1.807, 2.05) is 24.3 Å². The van der Waals surface area contributed by atoms with Crippen molar-refractivity contribution in [1.29, 1.82) is 0 Å². The van der Waals surface area contributed by atoms with Crippen molar-refractivity contribution in [3.05, 3.63) is 133 Å². The molecule has 0 atom stereocenters. The fraction of sp³-hybridized carbons (Fsp3) is 0.0435. The lowest BCUT2D eigenvalue weighted by atomic mass is 9.85. The van der Waals surface area contributed by atoms with E-state index in [-0.39, 0.29) is 11.5 Å². The zero-order valence-electron chi connectivity index (χ0n) is 27.4. The van der Waals surface area contributed by atoms with Crippen molar-refractivity contribution in [1.82, 2.24) is 0 Å². The van der Waals surface area contributed by atoms with Crippen LogP contribution < -0.4 is 9.47 Å². The molecule has 0 saturated carbocycles. The van der Waals surface area contributed by atoms with Gasteiger partial charge in [0.1, 0.15) is 23.0 Å². The Morgan fingerprint density at radius 1 is 0.320 bits per heavy atom. The van der Waals surface area contributed by atoms with Crippen molar-refractivity contribution >= 4 is 86.2 Å². The number of rotatable bonds is 3. The van der Waals surface area contributed by atoms with Gasteiger partial charge in [-0.2, -0.15) is 0 Å². The van der Waals surface area contributed by atoms with Crippen LogP contribution in [0.15, 0.2) is 133 Å². The predicted molar refractivity (Wildman–Crippen MR) is 208 cm³/mol. The SMILES string of the molecule is COc1ccc2ccc3ccc4ccc5ccc(O)c(-c6c(O)ccc7ccc8ccc9ccc%10ccc(OC)cc%10c9c8c67)c5c4c3c2c1. The number of phenols is 2. The highest BCUT2D eigenvalue weighted by Crippen LogP contribution is 2.51. The van der Waals surface area contributed by atoms with Crippen LogP contribution in [0.3, 0.4) is 0 Å². The van der Waals surface area contributed by atoms with Gasteiger partial charge in [-0.1, -0.05) is 97.1 Å². The Balaban J connectivity index is 1.47. The lowest BCUT2D eigenvalue weighted by molar-refractivity contribution is 0.415. The molecule has 0 radical (unpaired) electrons. The van der Waals surface area contributed by atoms with Gasteiger partial charge in [-0.25, -0.2) is 0 Å². The Morgan fingerprint density at radius 3 is 0.960 bits per heavy atom. The third-order valence-electron chi connectivity index (χ3n) is 10.6. The second-order valence-corrected chi connectivity index (χ2v) is 13.1. The number of hydrogen-bond acceptors (Lipinski definition) is 4. The molecule has 0 aliphatic rings. The highest BCUT2D eigenvalue weighted by molar-refractivity contribution is 6.34. The van der Waals surface area contributed by atoms with Crippen LogP contribution in [-0.4, -0.2) is 24.4 Å². The molecule has 10 rings (SSSR count). The quantitative estimate of drug-likeness (QED) is 0.188. The zero-order chi connectivity index (χ0) is 33.7. The van der Waals surface area contributed by atoms with Gasteiger partial charge in [0.15, 0.2) is 0 Å². The van der Waals surface area contributed by atoms with Crippen molar-refractivity contribution < 1.29 is 19.7 Å². The van der Waals surface area contributed by atoms with Gasteiger partial charge in [0, 0.05) is 21.9 Å². The molecule has 10 aromatic carbocycles. The van der Waals surface area contributed by atoms with E-state index in [0.29, 0.717) is 11.1 Å². The summed E-state index contributed by atoms with van der Waals surface area (Å²) in [6.45, 7) is 0. The molecule has 10 aromatic rings. The van der Waals surface area contributed by atoms with Gasteiger partial charge < -0.3 is 19.7 Å². The van der Waals surface area contributed by atoms with E-state index < -0.39 is 0 Å². The molecular formula is C46H30O4. The van der Waals surface area contributed by atoms with Crippen LogP contribution in [0.5, 0.6) is 23.0 Å². The molecular weight excluding hydrogens is 617 g/mol. The number of hydrogen-bond donors (Lipinski definition) is 2. The van der Waals surface area contributed by atoms with Crippen molar-refractivity contribution in [2.75, 3.05) is 14.2 Å². The molecule has 0 heterocycles. The van der Waals surface area contributed by atoms with E-state index in [9.17, 15) is 10.2 Å². The maximum Gasteiger partial charge on any atom is 0.124 e. The summed E-state index contributed by atoms with van der Waals surface area (Å²) in [6.07, 6.45) is 0. The van der Waals surface area contributed by atoms with E-state index in [1.165, 1.54) is 0 Å². The Hall–Kier alpha value is -6.52. The third kappa shape index (κ3) is 3.93. The van der Waals surface area contributed by atoms with Crippen molar-refractivity contribution in [3.63, 3.8) is 0 Å². The van der Waals surface area contributed by atoms with Crippen molar-refractivity contribution in [2.45, 2.75) is 0 Å². The predicted octanol–water partition coefficient (Wildman–Crippen LogP) is 12.0. The molecule has 4 nitrogen and oxygen atoms in total. The van der Waals surface area contributed by atoms with Crippen LogP contribution in [0.4, 0.5) is 0 Å². The summed E-state index contributed by atoms with van der Waals surface area (Å²) in [5, 5.41) is 40.5. The van der Waals surface area contributed by atoms with E-state index in [2.05, 4.69) is 97.1 Å². The molecule has 0 unspecified atom stereocenters. The molecule has 0 amide bonds. The van der Waals surface area contributed by atoms with Gasteiger partial charge in [0.2, 0.25) is 0 Å². The van der Waals surface area contributed by atoms with Gasteiger partial charge >= 0.3 is 0 Å². The molecule has 0 saturated heterocycles. The Kier molecular flexibility index (Phi) is 5.98. The smallest absolute Gasteiger partial charge is 0.124 e. The lowest BCUT2D eigenvalue weighted by Gasteiger charge is -2.19. The molecule has 0 aliphatic carbocycles. The molecule has 238 valence electrons. The van der Waals surface area contributed by atoms with E-state index in [4.69, 9.17) is 9.47 Å². The summed E-state index contributed by atoms with van der Waals surface area (Å²) in [5.41, 5.74) is 1.21. The number of phenolic OH excluding ortho intramolecular Hbond substituents is 2. The second-order valence-electron chi connectivity index (χ2n) is 13.1. The number of fused-ring (bicyclic) bond motifs is 14. The van der Waals surface area contributed by atoms with Gasteiger partial charge in [0.25, 0.3) is 0 Å². The first kappa shape index (κ1) is 28.5. The molecule has 0 aromatic heterocycles. The summed E-state index contributed by atoms with van der Waals surface area (Å²) in [4.78, 5) is 0. The minimum Gasteiger partial charge on any atom is -0.507 e. The number of methoxy groups -OCH3 is 2. The number of ether oxygens (including phenoxy) is 2. The van der Waals surface area contributed by atoms with Crippen LogP contribution in [0.1, 0.15) is 0 Å². The molecule has 50 heavy (non-hydrogen) atoms. The average molecular weight is 647 g/mol. The standard InChI is InChI=1S/C46H30O4/c1-49-33-19-15-25-3-5-27-7-9-29-11-13-31-17-21-37(47)45(43(31)41(29)39(27)35(25)23-33)46-38(48)22-18-32-14-12-30-10-8-28-6-4-26-16-20-34(50-2)24-36(26)40(28)42(30)44(32)46/h3-24,47-48H,1-2H3. The fourth-order valence-corrected chi connectivity index (χ4v) is 8.25. The van der Waals surface area contributed by atoms with Gasteiger partial charge in [-0.3, -0.25) is 0 Å². The average Bonchev–Trinajstić information content (AvgIpc) is 3.16. The summed E-state index contributed by atoms with van der Waals surface area (Å²) < 4.78 is 11.4. The first-order chi connectivity index (χ1) is 24.5. The van der Waals surface area contributed by atoms with Crippen LogP contribution in [0, 0.1) is 0 Å².